The van der Waals surface area contributed by atoms with Gasteiger partial charge in [-0.2, -0.15) is 0 Å². The molecule has 0 nitrogen and oxygen atoms in total. The third-order valence-corrected chi connectivity index (χ3v) is 2.84. The first kappa shape index (κ1) is 10.5. The molecule has 0 aliphatic carbocycles. The van der Waals surface area contributed by atoms with Crippen LogP contribution in [0.1, 0.15) is 18.4 Å². The van der Waals surface area contributed by atoms with Crippen molar-refractivity contribution in [1.29, 1.82) is 0 Å². The summed E-state index contributed by atoms with van der Waals surface area (Å²) in [7, 11) is 0. The molecule has 1 rings (SSSR count). The largest absolute Gasteiger partial charge is 0.103 e. The van der Waals surface area contributed by atoms with Gasteiger partial charge in [-0.15, -0.1) is 6.58 Å². The first-order valence-electron chi connectivity index (χ1n) is 4.62. The van der Waals surface area contributed by atoms with Gasteiger partial charge in [-0.3, -0.25) is 0 Å². The predicted molar refractivity (Wildman–Crippen MR) is 62.3 cm³/mol. The summed E-state index contributed by atoms with van der Waals surface area (Å²) in [5.41, 5.74) is 1.41. The molecule has 0 aliphatic rings. The Morgan fingerprint density at radius 3 is 2.62 bits per heavy atom. The third-order valence-electron chi connectivity index (χ3n) is 2.01. The molecule has 0 saturated carbocycles. The number of alkyl halides is 1. The van der Waals surface area contributed by atoms with E-state index >= 15 is 0 Å². The molecule has 1 aromatic carbocycles. The van der Waals surface area contributed by atoms with Gasteiger partial charge in [0.15, 0.2) is 0 Å². The zero-order valence-electron chi connectivity index (χ0n) is 7.75. The van der Waals surface area contributed by atoms with Crippen LogP contribution in [0.15, 0.2) is 43.0 Å². The van der Waals surface area contributed by atoms with Crippen molar-refractivity contribution in [2.45, 2.75) is 24.1 Å². The summed E-state index contributed by atoms with van der Waals surface area (Å²) in [5.74, 6) is 0. The van der Waals surface area contributed by atoms with Crippen LogP contribution < -0.4 is 0 Å². The smallest absolute Gasteiger partial charge is 0.0183 e. The average molecular weight is 239 g/mol. The lowest BCUT2D eigenvalue weighted by molar-refractivity contribution is 0.777. The number of benzene rings is 1. The molecular formula is C12H15Br. The van der Waals surface area contributed by atoms with E-state index in [0.29, 0.717) is 4.83 Å². The lowest BCUT2D eigenvalue weighted by atomic mass is 10.1. The second-order valence-electron chi connectivity index (χ2n) is 3.15. The Bertz CT molecular complexity index is 241. The van der Waals surface area contributed by atoms with Crippen LogP contribution in [0.4, 0.5) is 0 Å². The molecule has 0 saturated heterocycles. The first-order chi connectivity index (χ1) is 6.33. The van der Waals surface area contributed by atoms with E-state index in [1.165, 1.54) is 12.0 Å². The maximum atomic E-state index is 3.73. The van der Waals surface area contributed by atoms with Crippen molar-refractivity contribution in [3.8, 4) is 0 Å². The van der Waals surface area contributed by atoms with E-state index in [1.54, 1.807) is 0 Å². The summed E-state index contributed by atoms with van der Waals surface area (Å²) in [6.07, 6.45) is 5.33. The van der Waals surface area contributed by atoms with Gasteiger partial charge in [-0.25, -0.2) is 0 Å². The summed E-state index contributed by atoms with van der Waals surface area (Å²) in [6, 6.07) is 10.6. The lowest BCUT2D eigenvalue weighted by Crippen LogP contribution is -1.98. The van der Waals surface area contributed by atoms with Gasteiger partial charge < -0.3 is 0 Å². The summed E-state index contributed by atoms with van der Waals surface area (Å²) < 4.78 is 0. The zero-order chi connectivity index (χ0) is 9.52. The van der Waals surface area contributed by atoms with Crippen LogP contribution in [0, 0.1) is 0 Å². The van der Waals surface area contributed by atoms with E-state index in [9.17, 15) is 0 Å². The molecule has 0 spiro atoms. The SMILES string of the molecule is C=CC[C@@H](Br)CCc1ccccc1. The Labute approximate surface area is 88.8 Å². The van der Waals surface area contributed by atoms with Crippen molar-refractivity contribution in [3.63, 3.8) is 0 Å². The molecule has 0 fully saturated rings. The van der Waals surface area contributed by atoms with E-state index in [1.807, 2.05) is 6.08 Å². The average Bonchev–Trinajstić information content (AvgIpc) is 2.17. The Hall–Kier alpha value is -0.560. The predicted octanol–water partition coefficient (Wildman–Crippen LogP) is 3.96. The second-order valence-corrected chi connectivity index (χ2v) is 4.44. The molecular weight excluding hydrogens is 224 g/mol. The normalized spacial score (nSPS) is 12.4. The fourth-order valence-electron chi connectivity index (χ4n) is 1.27. The van der Waals surface area contributed by atoms with Crippen LogP contribution in [-0.4, -0.2) is 4.83 Å². The molecule has 0 unspecified atom stereocenters. The highest BCUT2D eigenvalue weighted by Crippen LogP contribution is 2.14. The summed E-state index contributed by atoms with van der Waals surface area (Å²) >= 11 is 3.62. The van der Waals surface area contributed by atoms with Crippen LogP contribution in [0.2, 0.25) is 0 Å². The molecule has 0 aromatic heterocycles. The number of aryl methyl sites for hydroxylation is 1. The Morgan fingerprint density at radius 1 is 1.31 bits per heavy atom. The van der Waals surface area contributed by atoms with Crippen molar-refractivity contribution in [2.24, 2.45) is 0 Å². The highest BCUT2D eigenvalue weighted by Gasteiger charge is 2.01. The standard InChI is InChI=1S/C12H15Br/c1-2-6-12(13)10-9-11-7-4-3-5-8-11/h2-5,7-8,12H,1,6,9-10H2/t12-/m1/s1. The number of hydrogen-bond donors (Lipinski definition) is 0. The minimum atomic E-state index is 0.574. The molecule has 0 aliphatic heterocycles. The molecule has 70 valence electrons. The number of allylic oxidation sites excluding steroid dienone is 1. The van der Waals surface area contributed by atoms with E-state index < -0.39 is 0 Å². The van der Waals surface area contributed by atoms with Gasteiger partial charge in [0, 0.05) is 4.83 Å². The summed E-state index contributed by atoms with van der Waals surface area (Å²) in [5, 5.41) is 0. The maximum absolute atomic E-state index is 3.73. The van der Waals surface area contributed by atoms with Gasteiger partial charge in [0.25, 0.3) is 0 Å². The minimum absolute atomic E-state index is 0.574. The van der Waals surface area contributed by atoms with Crippen LogP contribution >= 0.6 is 15.9 Å². The Balaban J connectivity index is 2.30. The Kier molecular flexibility index (Phi) is 4.84. The molecule has 1 heteroatoms. The number of hydrogen-bond acceptors (Lipinski definition) is 0. The van der Waals surface area contributed by atoms with Crippen LogP contribution in [0.5, 0.6) is 0 Å². The molecule has 0 bridgehead atoms. The van der Waals surface area contributed by atoms with E-state index in [4.69, 9.17) is 0 Å². The highest BCUT2D eigenvalue weighted by atomic mass is 79.9. The van der Waals surface area contributed by atoms with Gasteiger partial charge in [0.05, 0.1) is 0 Å². The lowest BCUT2D eigenvalue weighted by Gasteiger charge is -2.06. The van der Waals surface area contributed by atoms with Crippen LogP contribution in [0.3, 0.4) is 0 Å². The van der Waals surface area contributed by atoms with Crippen molar-refractivity contribution in [1.82, 2.24) is 0 Å². The van der Waals surface area contributed by atoms with Gasteiger partial charge in [-0.1, -0.05) is 52.3 Å². The van der Waals surface area contributed by atoms with Gasteiger partial charge in [0.2, 0.25) is 0 Å². The minimum Gasteiger partial charge on any atom is -0.103 e. The summed E-state index contributed by atoms with van der Waals surface area (Å²) in [6.45, 7) is 3.73. The van der Waals surface area contributed by atoms with Crippen molar-refractivity contribution in [2.75, 3.05) is 0 Å². The topological polar surface area (TPSA) is 0 Å². The zero-order valence-corrected chi connectivity index (χ0v) is 9.33. The molecule has 13 heavy (non-hydrogen) atoms. The van der Waals surface area contributed by atoms with E-state index in [2.05, 4.69) is 52.8 Å². The molecule has 1 aromatic rings. The quantitative estimate of drug-likeness (QED) is 0.539. The molecule has 1 atom stereocenters. The molecule has 0 amide bonds. The fraction of sp³-hybridized carbons (Fsp3) is 0.333. The Morgan fingerprint density at radius 2 is 2.00 bits per heavy atom. The monoisotopic (exact) mass is 238 g/mol. The highest BCUT2D eigenvalue weighted by molar-refractivity contribution is 9.09. The molecule has 0 N–H and O–H groups in total. The van der Waals surface area contributed by atoms with Crippen LogP contribution in [-0.2, 0) is 6.42 Å². The van der Waals surface area contributed by atoms with E-state index in [-0.39, 0.29) is 0 Å². The second kappa shape index (κ2) is 5.98. The van der Waals surface area contributed by atoms with Gasteiger partial charge >= 0.3 is 0 Å². The van der Waals surface area contributed by atoms with Crippen LogP contribution in [0.25, 0.3) is 0 Å². The van der Waals surface area contributed by atoms with Gasteiger partial charge in [0.1, 0.15) is 0 Å². The van der Waals surface area contributed by atoms with Crippen molar-refractivity contribution < 1.29 is 0 Å². The molecule has 0 radical (unpaired) electrons. The first-order valence-corrected chi connectivity index (χ1v) is 5.53. The van der Waals surface area contributed by atoms with Gasteiger partial charge in [-0.05, 0) is 24.8 Å². The third kappa shape index (κ3) is 4.28. The van der Waals surface area contributed by atoms with Crippen molar-refractivity contribution >= 4 is 15.9 Å². The molecule has 0 heterocycles. The van der Waals surface area contributed by atoms with E-state index in [0.717, 1.165) is 12.8 Å². The fourth-order valence-corrected chi connectivity index (χ4v) is 1.76. The number of rotatable bonds is 5. The van der Waals surface area contributed by atoms with Crippen molar-refractivity contribution in [3.05, 3.63) is 48.6 Å². The summed E-state index contributed by atoms with van der Waals surface area (Å²) in [4.78, 5) is 0.574. The maximum Gasteiger partial charge on any atom is 0.0183 e. The number of halogens is 1.